The van der Waals surface area contributed by atoms with Crippen molar-refractivity contribution >= 4 is 28.3 Å². The van der Waals surface area contributed by atoms with Gasteiger partial charge in [0.15, 0.2) is 0 Å². The Balaban J connectivity index is 1.29. The predicted molar refractivity (Wildman–Crippen MR) is 104 cm³/mol. The van der Waals surface area contributed by atoms with E-state index in [2.05, 4.69) is 20.3 Å². The molecule has 26 heavy (non-hydrogen) atoms. The van der Waals surface area contributed by atoms with E-state index >= 15 is 0 Å². The van der Waals surface area contributed by atoms with Crippen molar-refractivity contribution in [2.24, 2.45) is 0 Å². The first kappa shape index (κ1) is 16.5. The number of H-pyrrole nitrogens is 1. The van der Waals surface area contributed by atoms with Gasteiger partial charge in [0.2, 0.25) is 5.91 Å². The average molecular weight is 362 g/mol. The van der Waals surface area contributed by atoms with Gasteiger partial charge in [-0.2, -0.15) is 0 Å². The van der Waals surface area contributed by atoms with Gasteiger partial charge < -0.3 is 10.3 Å². The number of aryl methyl sites for hydroxylation is 1. The molecular weight excluding hydrogens is 344 g/mol. The molecule has 5 nitrogen and oxygen atoms in total. The molecule has 0 spiro atoms. The molecule has 0 atom stereocenters. The number of nitrogens with zero attached hydrogens (tertiary/aromatic N) is 2. The minimum atomic E-state index is -0.000262. The van der Waals surface area contributed by atoms with Crippen LogP contribution < -0.4 is 5.32 Å². The van der Waals surface area contributed by atoms with E-state index < -0.39 is 0 Å². The molecule has 130 valence electrons. The van der Waals surface area contributed by atoms with E-state index in [1.54, 1.807) is 11.3 Å². The van der Waals surface area contributed by atoms with Crippen LogP contribution in [0.2, 0.25) is 0 Å². The summed E-state index contributed by atoms with van der Waals surface area (Å²) >= 11 is 1.59. The number of amides is 1. The van der Waals surface area contributed by atoms with Gasteiger partial charge in [-0.15, -0.1) is 11.3 Å². The van der Waals surface area contributed by atoms with Crippen LogP contribution in [0, 0.1) is 0 Å². The number of fused-ring (bicyclic) bond motifs is 1. The van der Waals surface area contributed by atoms with Crippen molar-refractivity contribution in [1.82, 2.24) is 20.3 Å². The summed E-state index contributed by atoms with van der Waals surface area (Å²) in [5, 5.41) is 5.89. The zero-order chi connectivity index (χ0) is 17.8. The molecule has 2 aromatic heterocycles. The number of rotatable bonds is 6. The van der Waals surface area contributed by atoms with Gasteiger partial charge in [-0.05, 0) is 12.1 Å². The summed E-state index contributed by atoms with van der Waals surface area (Å²) in [5.41, 5.74) is 3.91. The molecule has 0 radical (unpaired) electrons. The number of para-hydroxylation sites is 2. The molecule has 4 aromatic rings. The summed E-state index contributed by atoms with van der Waals surface area (Å²) < 4.78 is 0. The summed E-state index contributed by atoms with van der Waals surface area (Å²) in [7, 11) is 0. The smallest absolute Gasteiger partial charge is 0.220 e. The Bertz CT molecular complexity index is 989. The molecule has 0 aliphatic heterocycles. The molecule has 0 aliphatic carbocycles. The molecule has 0 saturated heterocycles. The molecule has 0 saturated carbocycles. The van der Waals surface area contributed by atoms with Crippen LogP contribution in [-0.4, -0.2) is 20.9 Å². The number of hydrogen-bond acceptors (Lipinski definition) is 4. The second-order valence-electron chi connectivity index (χ2n) is 5.99. The summed E-state index contributed by atoms with van der Waals surface area (Å²) in [6.07, 6.45) is 0.988. The third-order valence-corrected chi connectivity index (χ3v) is 5.01. The van der Waals surface area contributed by atoms with Gasteiger partial charge in [0.25, 0.3) is 0 Å². The SMILES string of the molecule is O=C(CCc1nc2ccccc2[nH]1)NCc1csc(-c2ccccc2)n1. The van der Waals surface area contributed by atoms with Crippen LogP contribution in [0.15, 0.2) is 60.0 Å². The zero-order valence-corrected chi connectivity index (χ0v) is 14.9. The van der Waals surface area contributed by atoms with Crippen LogP contribution in [0.1, 0.15) is 17.9 Å². The molecule has 0 bridgehead atoms. The number of aromatic nitrogens is 3. The molecule has 0 unspecified atom stereocenters. The van der Waals surface area contributed by atoms with Gasteiger partial charge in [-0.3, -0.25) is 4.79 Å². The van der Waals surface area contributed by atoms with Crippen molar-refractivity contribution in [2.45, 2.75) is 19.4 Å². The number of aromatic amines is 1. The first-order chi connectivity index (χ1) is 12.8. The fourth-order valence-electron chi connectivity index (χ4n) is 2.73. The minimum Gasteiger partial charge on any atom is -0.350 e. The maximum atomic E-state index is 12.1. The number of benzene rings is 2. The first-order valence-electron chi connectivity index (χ1n) is 8.48. The van der Waals surface area contributed by atoms with Crippen molar-refractivity contribution in [3.05, 3.63) is 71.5 Å². The van der Waals surface area contributed by atoms with Crippen molar-refractivity contribution in [3.63, 3.8) is 0 Å². The topological polar surface area (TPSA) is 70.7 Å². The van der Waals surface area contributed by atoms with Gasteiger partial charge in [-0.1, -0.05) is 42.5 Å². The Labute approximate surface area is 155 Å². The van der Waals surface area contributed by atoms with Crippen LogP contribution in [0.25, 0.3) is 21.6 Å². The molecule has 2 N–H and O–H groups in total. The van der Waals surface area contributed by atoms with E-state index in [1.807, 2.05) is 60.0 Å². The Morgan fingerprint density at radius 1 is 1.04 bits per heavy atom. The standard InChI is InChI=1S/C20H18N4OS/c25-19(11-10-18-23-16-8-4-5-9-17(16)24-18)21-12-15-13-26-20(22-15)14-6-2-1-3-7-14/h1-9,13H,10-12H2,(H,21,25)(H,23,24). The monoisotopic (exact) mass is 362 g/mol. The van der Waals surface area contributed by atoms with Crippen LogP contribution >= 0.6 is 11.3 Å². The van der Waals surface area contributed by atoms with Crippen molar-refractivity contribution in [2.75, 3.05) is 0 Å². The normalized spacial score (nSPS) is 10.9. The highest BCUT2D eigenvalue weighted by molar-refractivity contribution is 7.13. The molecule has 2 heterocycles. The van der Waals surface area contributed by atoms with Crippen LogP contribution in [0.5, 0.6) is 0 Å². The lowest BCUT2D eigenvalue weighted by Crippen LogP contribution is -2.23. The predicted octanol–water partition coefficient (Wildman–Crippen LogP) is 3.94. The van der Waals surface area contributed by atoms with E-state index in [1.165, 1.54) is 0 Å². The third kappa shape index (κ3) is 3.81. The first-order valence-corrected chi connectivity index (χ1v) is 9.36. The molecular formula is C20H18N4OS. The highest BCUT2D eigenvalue weighted by atomic mass is 32.1. The maximum Gasteiger partial charge on any atom is 0.220 e. The Hall–Kier alpha value is -2.99. The Morgan fingerprint density at radius 2 is 1.85 bits per heavy atom. The molecule has 1 amide bonds. The third-order valence-electron chi connectivity index (χ3n) is 4.07. The van der Waals surface area contributed by atoms with E-state index in [4.69, 9.17) is 0 Å². The molecule has 6 heteroatoms. The van der Waals surface area contributed by atoms with Crippen molar-refractivity contribution in [1.29, 1.82) is 0 Å². The number of imidazole rings is 1. The Morgan fingerprint density at radius 3 is 2.69 bits per heavy atom. The summed E-state index contributed by atoms with van der Waals surface area (Å²) in [4.78, 5) is 24.4. The second kappa shape index (κ2) is 7.49. The van der Waals surface area contributed by atoms with Gasteiger partial charge in [-0.25, -0.2) is 9.97 Å². The summed E-state index contributed by atoms with van der Waals surface area (Å²) in [6, 6.07) is 17.9. The Kier molecular flexibility index (Phi) is 4.75. The lowest BCUT2D eigenvalue weighted by Gasteiger charge is -2.02. The van der Waals surface area contributed by atoms with Gasteiger partial charge in [0.1, 0.15) is 10.8 Å². The number of carbonyl (C=O) groups is 1. The van der Waals surface area contributed by atoms with Crippen LogP contribution in [-0.2, 0) is 17.8 Å². The highest BCUT2D eigenvalue weighted by Gasteiger charge is 2.08. The van der Waals surface area contributed by atoms with Crippen molar-refractivity contribution < 1.29 is 4.79 Å². The largest absolute Gasteiger partial charge is 0.350 e. The molecule has 0 fully saturated rings. The number of thiazole rings is 1. The lowest BCUT2D eigenvalue weighted by molar-refractivity contribution is -0.121. The minimum absolute atomic E-state index is 0.000262. The van der Waals surface area contributed by atoms with Crippen LogP contribution in [0.3, 0.4) is 0 Å². The maximum absolute atomic E-state index is 12.1. The quantitative estimate of drug-likeness (QED) is 0.546. The average Bonchev–Trinajstić information content (AvgIpc) is 3.32. The van der Waals surface area contributed by atoms with E-state index in [-0.39, 0.29) is 5.91 Å². The number of nitrogens with one attached hydrogen (secondary N) is 2. The second-order valence-corrected chi connectivity index (χ2v) is 6.85. The van der Waals surface area contributed by atoms with E-state index in [0.29, 0.717) is 19.4 Å². The number of hydrogen-bond donors (Lipinski definition) is 2. The zero-order valence-electron chi connectivity index (χ0n) is 14.1. The molecule has 4 rings (SSSR count). The molecule has 0 aliphatic rings. The van der Waals surface area contributed by atoms with Gasteiger partial charge in [0, 0.05) is 23.8 Å². The van der Waals surface area contributed by atoms with Crippen molar-refractivity contribution in [3.8, 4) is 10.6 Å². The summed E-state index contributed by atoms with van der Waals surface area (Å²) in [5.74, 6) is 0.834. The lowest BCUT2D eigenvalue weighted by atomic mass is 10.2. The van der Waals surface area contributed by atoms with Crippen LogP contribution in [0.4, 0.5) is 0 Å². The molecule has 2 aromatic carbocycles. The number of carbonyl (C=O) groups excluding carboxylic acids is 1. The fraction of sp³-hybridized carbons (Fsp3) is 0.150. The summed E-state index contributed by atoms with van der Waals surface area (Å²) in [6.45, 7) is 0.447. The fourth-order valence-corrected chi connectivity index (χ4v) is 3.56. The van der Waals surface area contributed by atoms with Gasteiger partial charge in [0.05, 0.1) is 23.3 Å². The van der Waals surface area contributed by atoms with E-state index in [0.717, 1.165) is 33.1 Å². The van der Waals surface area contributed by atoms with Gasteiger partial charge >= 0.3 is 0 Å². The highest BCUT2D eigenvalue weighted by Crippen LogP contribution is 2.23. The van der Waals surface area contributed by atoms with E-state index in [9.17, 15) is 4.79 Å².